The molecule has 7 heteroatoms. The number of hydrogen-bond donors (Lipinski definition) is 1. The number of carbonyl (C=O) groups is 2. The number of fused-ring (bicyclic) bond motifs is 4. The van der Waals surface area contributed by atoms with Gasteiger partial charge < -0.3 is 5.32 Å². The van der Waals surface area contributed by atoms with Gasteiger partial charge in [-0.05, 0) is 55.5 Å². The van der Waals surface area contributed by atoms with Gasteiger partial charge in [-0.3, -0.25) is 9.59 Å². The van der Waals surface area contributed by atoms with E-state index in [-0.39, 0.29) is 17.6 Å². The molecule has 0 bridgehead atoms. The number of hydrogen-bond acceptors (Lipinski definition) is 6. The van der Waals surface area contributed by atoms with Crippen molar-refractivity contribution >= 4 is 50.7 Å². The van der Waals surface area contributed by atoms with Gasteiger partial charge in [0.15, 0.2) is 5.78 Å². The van der Waals surface area contributed by atoms with Gasteiger partial charge in [-0.15, -0.1) is 11.3 Å². The van der Waals surface area contributed by atoms with E-state index in [9.17, 15) is 9.59 Å². The number of aryl methyl sites for hydroxylation is 2. The molecule has 1 N–H and O–H groups in total. The van der Waals surface area contributed by atoms with Crippen LogP contribution in [0.25, 0.3) is 10.2 Å². The lowest BCUT2D eigenvalue weighted by Crippen LogP contribution is -2.08. The average Bonchev–Trinajstić information content (AvgIpc) is 3.33. The highest BCUT2D eigenvalue weighted by Gasteiger charge is 2.27. The van der Waals surface area contributed by atoms with E-state index >= 15 is 0 Å². The van der Waals surface area contributed by atoms with Gasteiger partial charge in [-0.25, -0.2) is 9.97 Å². The van der Waals surface area contributed by atoms with Crippen LogP contribution in [0.1, 0.15) is 45.6 Å². The van der Waals surface area contributed by atoms with Crippen LogP contribution in [0.4, 0.5) is 5.69 Å². The largest absolute Gasteiger partial charge is 0.325 e. The predicted molar refractivity (Wildman–Crippen MR) is 108 cm³/mol. The number of thioether (sulfide) groups is 1. The minimum absolute atomic E-state index is 0.0151. The van der Waals surface area contributed by atoms with E-state index in [4.69, 9.17) is 0 Å². The fourth-order valence-electron chi connectivity index (χ4n) is 3.82. The Morgan fingerprint density at radius 3 is 3.11 bits per heavy atom. The van der Waals surface area contributed by atoms with Crippen LogP contribution in [-0.2, 0) is 17.6 Å². The summed E-state index contributed by atoms with van der Waals surface area (Å²) >= 11 is 3.24. The lowest BCUT2D eigenvalue weighted by molar-refractivity contribution is -0.116. The first-order valence-electron chi connectivity index (χ1n) is 8.98. The predicted octanol–water partition coefficient (Wildman–Crippen LogP) is 4.21. The average molecular weight is 396 g/mol. The van der Waals surface area contributed by atoms with Crippen molar-refractivity contribution in [2.24, 2.45) is 0 Å². The third-order valence-corrected chi connectivity index (χ3v) is 7.49. The van der Waals surface area contributed by atoms with Crippen LogP contribution >= 0.6 is 23.1 Å². The smallest absolute Gasteiger partial charge is 0.231 e. The van der Waals surface area contributed by atoms with Crippen LogP contribution in [0.2, 0.25) is 0 Å². The fraction of sp³-hybridized carbons (Fsp3) is 0.300. The summed E-state index contributed by atoms with van der Waals surface area (Å²) in [5.41, 5.74) is 3.73. The molecule has 2 aromatic heterocycles. The van der Waals surface area contributed by atoms with E-state index in [1.54, 1.807) is 23.7 Å². The Labute approximate surface area is 164 Å². The molecule has 1 amide bonds. The summed E-state index contributed by atoms with van der Waals surface area (Å²) in [6.45, 7) is 1.86. The van der Waals surface area contributed by atoms with E-state index in [1.165, 1.54) is 28.6 Å². The van der Waals surface area contributed by atoms with Gasteiger partial charge in [0.05, 0.1) is 11.7 Å². The molecule has 5 rings (SSSR count). The third-order valence-electron chi connectivity index (χ3n) is 5.30. The van der Waals surface area contributed by atoms with Crippen molar-refractivity contribution in [2.75, 3.05) is 11.1 Å². The molecule has 27 heavy (non-hydrogen) atoms. The van der Waals surface area contributed by atoms with E-state index < -0.39 is 0 Å². The Morgan fingerprint density at radius 2 is 2.22 bits per heavy atom. The number of nitrogens with one attached hydrogen (secondary N) is 1. The summed E-state index contributed by atoms with van der Waals surface area (Å²) in [6, 6.07) is 5.46. The molecular weight excluding hydrogens is 378 g/mol. The van der Waals surface area contributed by atoms with Crippen LogP contribution in [0, 0.1) is 0 Å². The van der Waals surface area contributed by atoms with Gasteiger partial charge in [-0.1, -0.05) is 11.8 Å². The zero-order valence-electron chi connectivity index (χ0n) is 14.7. The van der Waals surface area contributed by atoms with Gasteiger partial charge in [0.25, 0.3) is 0 Å². The molecule has 1 aromatic carbocycles. The first-order chi connectivity index (χ1) is 13.1. The first-order valence-corrected chi connectivity index (χ1v) is 10.8. The van der Waals surface area contributed by atoms with Crippen LogP contribution in [0.3, 0.4) is 0 Å². The molecule has 136 valence electrons. The number of nitrogens with zero attached hydrogens (tertiary/aromatic N) is 2. The Balaban J connectivity index is 1.39. The van der Waals surface area contributed by atoms with Crippen molar-refractivity contribution in [1.29, 1.82) is 0 Å². The highest BCUT2D eigenvalue weighted by Crippen LogP contribution is 2.40. The molecule has 0 saturated carbocycles. The van der Waals surface area contributed by atoms with Gasteiger partial charge in [-0.2, -0.15) is 0 Å². The van der Waals surface area contributed by atoms with Crippen LogP contribution in [-0.4, -0.2) is 27.4 Å². The summed E-state index contributed by atoms with van der Waals surface area (Å²) < 4.78 is 0. The number of benzene rings is 1. The molecule has 0 spiro atoms. The van der Waals surface area contributed by atoms with Crippen molar-refractivity contribution in [3.8, 4) is 0 Å². The van der Waals surface area contributed by atoms with Crippen molar-refractivity contribution < 1.29 is 9.59 Å². The number of anilines is 1. The SMILES string of the molecule is C[C@H]1C(=O)Nc2ccc(C(=O)CSc3ncnc4sc5c(c34)CCC5)cc21. The first kappa shape index (κ1) is 16.9. The molecular formula is C20H17N3O2S2. The molecule has 0 fully saturated rings. The summed E-state index contributed by atoms with van der Waals surface area (Å²) in [5.74, 6) is 0.146. The van der Waals surface area contributed by atoms with Crippen molar-refractivity contribution in [3.05, 3.63) is 46.1 Å². The lowest BCUT2D eigenvalue weighted by Gasteiger charge is -2.06. The minimum Gasteiger partial charge on any atom is -0.325 e. The van der Waals surface area contributed by atoms with Gasteiger partial charge in [0.2, 0.25) is 5.91 Å². The van der Waals surface area contributed by atoms with Gasteiger partial charge in [0, 0.05) is 21.5 Å². The Hall–Kier alpha value is -2.25. The number of aromatic nitrogens is 2. The van der Waals surface area contributed by atoms with Crippen molar-refractivity contribution in [1.82, 2.24) is 9.97 Å². The quantitative estimate of drug-likeness (QED) is 0.407. The number of Topliss-reactive ketones (excluding diaryl/α,β-unsaturated/α-hetero) is 1. The van der Waals surface area contributed by atoms with Crippen LogP contribution in [0.15, 0.2) is 29.6 Å². The van der Waals surface area contributed by atoms with E-state index in [0.29, 0.717) is 11.3 Å². The number of amides is 1. The Morgan fingerprint density at radius 1 is 1.33 bits per heavy atom. The van der Waals surface area contributed by atoms with Crippen LogP contribution in [0.5, 0.6) is 0 Å². The second-order valence-electron chi connectivity index (χ2n) is 6.94. The molecule has 0 unspecified atom stereocenters. The summed E-state index contributed by atoms with van der Waals surface area (Å²) in [4.78, 5) is 35.9. The Kier molecular flexibility index (Phi) is 4.02. The number of thiophene rings is 1. The van der Waals surface area contributed by atoms with E-state index in [2.05, 4.69) is 15.3 Å². The molecule has 2 aliphatic rings. The molecule has 5 nitrogen and oxygen atoms in total. The zero-order valence-corrected chi connectivity index (χ0v) is 16.4. The zero-order chi connectivity index (χ0) is 18.5. The number of rotatable bonds is 4. The summed E-state index contributed by atoms with van der Waals surface area (Å²) in [7, 11) is 0. The van der Waals surface area contributed by atoms with Gasteiger partial charge in [0.1, 0.15) is 16.2 Å². The van der Waals surface area contributed by atoms with Crippen LogP contribution < -0.4 is 5.32 Å². The van der Waals surface area contributed by atoms with Crippen molar-refractivity contribution in [3.63, 3.8) is 0 Å². The molecule has 0 saturated heterocycles. The Bertz CT molecular complexity index is 1110. The summed E-state index contributed by atoms with van der Waals surface area (Å²) in [6.07, 6.45) is 4.98. The topological polar surface area (TPSA) is 72.0 Å². The standard InChI is InChI=1S/C20H17N3O2S2/c1-10-13-7-11(5-6-14(13)23-18(10)25)15(24)8-26-19-17-12-3-2-4-16(12)27-20(17)22-9-21-19/h5-7,9-10H,2-4,8H2,1H3,(H,23,25)/t10-/m1/s1. The van der Waals surface area contributed by atoms with Crippen molar-refractivity contribution in [2.45, 2.75) is 37.1 Å². The van der Waals surface area contributed by atoms with E-state index in [0.717, 1.165) is 39.3 Å². The molecule has 1 atom stereocenters. The highest BCUT2D eigenvalue weighted by atomic mass is 32.2. The second-order valence-corrected chi connectivity index (χ2v) is 8.99. The number of carbonyl (C=O) groups excluding carboxylic acids is 2. The maximum absolute atomic E-state index is 12.7. The number of ketones is 1. The van der Waals surface area contributed by atoms with E-state index in [1.807, 2.05) is 19.1 Å². The molecule has 0 radical (unpaired) electrons. The monoisotopic (exact) mass is 395 g/mol. The minimum atomic E-state index is -0.213. The second kappa shape index (κ2) is 6.42. The fourth-order valence-corrected chi connectivity index (χ4v) is 6.03. The maximum Gasteiger partial charge on any atom is 0.231 e. The normalized spacial score (nSPS) is 17.8. The molecule has 3 aromatic rings. The summed E-state index contributed by atoms with van der Waals surface area (Å²) in [5, 5.41) is 4.89. The molecule has 1 aliphatic carbocycles. The molecule has 1 aliphatic heterocycles. The lowest BCUT2D eigenvalue weighted by atomic mass is 9.99. The maximum atomic E-state index is 12.7. The molecule has 3 heterocycles. The third kappa shape index (κ3) is 2.76. The van der Waals surface area contributed by atoms with Gasteiger partial charge >= 0.3 is 0 Å². The highest BCUT2D eigenvalue weighted by molar-refractivity contribution is 8.00.